The minimum Gasteiger partial charge on any atom is -0.496 e. The molecule has 0 heterocycles. The van der Waals surface area contributed by atoms with E-state index in [1.807, 2.05) is 49.4 Å². The molecular weight excluding hydrogens is 342 g/mol. The lowest BCUT2D eigenvalue weighted by molar-refractivity contribution is -0.146. The van der Waals surface area contributed by atoms with Crippen molar-refractivity contribution in [2.24, 2.45) is 0 Å². The highest BCUT2D eigenvalue weighted by Gasteiger charge is 2.14. The fraction of sp³-hybridized carbons (Fsp3) is 0.364. The molecule has 0 aromatic heterocycles. The summed E-state index contributed by atoms with van der Waals surface area (Å²) < 4.78 is 10.3. The van der Waals surface area contributed by atoms with Crippen LogP contribution >= 0.6 is 0 Å². The van der Waals surface area contributed by atoms with Crippen molar-refractivity contribution in [3.05, 3.63) is 59.2 Å². The van der Waals surface area contributed by atoms with Gasteiger partial charge in [0.05, 0.1) is 13.5 Å². The topological polar surface area (TPSA) is 64.6 Å². The Morgan fingerprint density at radius 3 is 2.30 bits per heavy atom. The fourth-order valence-electron chi connectivity index (χ4n) is 2.65. The van der Waals surface area contributed by atoms with Gasteiger partial charge in [-0.25, -0.2) is 0 Å². The van der Waals surface area contributed by atoms with Crippen LogP contribution in [-0.2, 0) is 26.2 Å². The largest absolute Gasteiger partial charge is 0.496 e. The van der Waals surface area contributed by atoms with Crippen LogP contribution in [0.2, 0.25) is 0 Å². The molecule has 0 atom stereocenters. The highest BCUT2D eigenvalue weighted by Crippen LogP contribution is 2.23. The van der Waals surface area contributed by atoms with Gasteiger partial charge in [0.1, 0.15) is 5.75 Å². The van der Waals surface area contributed by atoms with E-state index < -0.39 is 5.97 Å². The lowest BCUT2D eigenvalue weighted by Gasteiger charge is -2.19. The first-order valence-corrected chi connectivity index (χ1v) is 8.88. The lowest BCUT2D eigenvalue weighted by atomic mass is 9.87. The van der Waals surface area contributed by atoms with Crippen molar-refractivity contribution in [2.45, 2.75) is 39.5 Å². The van der Waals surface area contributed by atoms with E-state index in [9.17, 15) is 9.59 Å². The van der Waals surface area contributed by atoms with E-state index in [0.29, 0.717) is 11.4 Å². The zero-order valence-corrected chi connectivity index (χ0v) is 16.6. The van der Waals surface area contributed by atoms with Crippen molar-refractivity contribution in [3.63, 3.8) is 0 Å². The van der Waals surface area contributed by atoms with Crippen molar-refractivity contribution in [1.29, 1.82) is 0 Å². The minimum absolute atomic E-state index is 0.0505. The molecule has 144 valence electrons. The molecule has 0 bridgehead atoms. The fourth-order valence-corrected chi connectivity index (χ4v) is 2.65. The van der Waals surface area contributed by atoms with E-state index in [0.717, 1.165) is 11.1 Å². The Bertz CT molecular complexity index is 804. The van der Waals surface area contributed by atoms with Gasteiger partial charge in [-0.1, -0.05) is 50.6 Å². The maximum atomic E-state index is 12.0. The molecule has 0 aliphatic heterocycles. The maximum Gasteiger partial charge on any atom is 0.310 e. The zero-order chi connectivity index (χ0) is 20.0. The number of methoxy groups -OCH3 is 1. The first kappa shape index (κ1) is 20.5. The summed E-state index contributed by atoms with van der Waals surface area (Å²) in [6.07, 6.45) is 0.0540. The Labute approximate surface area is 160 Å². The number of nitrogens with one attached hydrogen (secondary N) is 1. The third kappa shape index (κ3) is 6.13. The molecule has 0 unspecified atom stereocenters. The second kappa shape index (κ2) is 8.71. The Morgan fingerprint density at radius 1 is 1.04 bits per heavy atom. The number of rotatable bonds is 6. The van der Waals surface area contributed by atoms with Crippen LogP contribution in [0, 0.1) is 6.92 Å². The van der Waals surface area contributed by atoms with Crippen molar-refractivity contribution in [2.75, 3.05) is 19.0 Å². The molecule has 2 aromatic carbocycles. The summed E-state index contributed by atoms with van der Waals surface area (Å²) in [4.78, 5) is 24.1. The molecule has 0 radical (unpaired) electrons. The third-order valence-corrected chi connectivity index (χ3v) is 4.17. The molecule has 2 rings (SSSR count). The van der Waals surface area contributed by atoms with E-state index in [2.05, 4.69) is 26.1 Å². The van der Waals surface area contributed by atoms with Crippen molar-refractivity contribution >= 4 is 17.6 Å². The van der Waals surface area contributed by atoms with E-state index in [1.54, 1.807) is 7.11 Å². The molecule has 0 saturated carbocycles. The Kier molecular flexibility index (Phi) is 6.61. The summed E-state index contributed by atoms with van der Waals surface area (Å²) in [6.45, 7) is 8.00. The van der Waals surface area contributed by atoms with Gasteiger partial charge in [-0.3, -0.25) is 9.59 Å². The molecule has 1 N–H and O–H groups in total. The monoisotopic (exact) mass is 369 g/mol. The van der Waals surface area contributed by atoms with Crippen LogP contribution < -0.4 is 10.1 Å². The quantitative estimate of drug-likeness (QED) is 0.781. The average Bonchev–Trinajstić information content (AvgIpc) is 2.60. The Morgan fingerprint density at radius 2 is 1.70 bits per heavy atom. The number of carbonyl (C=O) groups is 2. The number of amides is 1. The average molecular weight is 369 g/mol. The first-order valence-electron chi connectivity index (χ1n) is 8.88. The van der Waals surface area contributed by atoms with Crippen LogP contribution in [0.3, 0.4) is 0 Å². The Balaban J connectivity index is 1.86. The third-order valence-electron chi connectivity index (χ3n) is 4.17. The molecule has 5 heteroatoms. The van der Waals surface area contributed by atoms with Gasteiger partial charge in [0.15, 0.2) is 6.61 Å². The molecule has 2 aromatic rings. The van der Waals surface area contributed by atoms with Crippen LogP contribution in [-0.4, -0.2) is 25.6 Å². The molecule has 0 aliphatic carbocycles. The second-order valence-corrected chi connectivity index (χ2v) is 7.53. The van der Waals surface area contributed by atoms with Gasteiger partial charge in [-0.15, -0.1) is 0 Å². The SMILES string of the molecule is COc1ccc(C)cc1CC(=O)OCC(=O)Nc1ccc(C(C)(C)C)cc1. The highest BCUT2D eigenvalue weighted by atomic mass is 16.5. The summed E-state index contributed by atoms with van der Waals surface area (Å²) in [6, 6.07) is 13.2. The molecule has 0 fully saturated rings. The molecule has 27 heavy (non-hydrogen) atoms. The van der Waals surface area contributed by atoms with Gasteiger partial charge in [0.25, 0.3) is 5.91 Å². The van der Waals surface area contributed by atoms with Gasteiger partial charge in [0.2, 0.25) is 0 Å². The number of esters is 1. The first-order chi connectivity index (χ1) is 12.7. The molecular formula is C22H27NO4. The van der Waals surface area contributed by atoms with E-state index in [-0.39, 0.29) is 24.3 Å². The summed E-state index contributed by atoms with van der Waals surface area (Å²) in [5.74, 6) is -0.221. The standard InChI is InChI=1S/C22H27NO4/c1-15-6-11-19(26-5)16(12-15)13-21(25)27-14-20(24)23-18-9-7-17(8-10-18)22(2,3)4/h6-12H,13-14H2,1-5H3,(H,23,24). The second-order valence-electron chi connectivity index (χ2n) is 7.53. The number of benzene rings is 2. The summed E-state index contributed by atoms with van der Waals surface area (Å²) in [5, 5.41) is 2.73. The summed E-state index contributed by atoms with van der Waals surface area (Å²) in [7, 11) is 1.55. The van der Waals surface area contributed by atoms with Crippen LogP contribution in [0.25, 0.3) is 0 Å². The normalized spacial score (nSPS) is 11.0. The number of hydrogen-bond donors (Lipinski definition) is 1. The lowest BCUT2D eigenvalue weighted by Crippen LogP contribution is -2.22. The van der Waals surface area contributed by atoms with Gasteiger partial charge < -0.3 is 14.8 Å². The zero-order valence-electron chi connectivity index (χ0n) is 16.6. The highest BCUT2D eigenvalue weighted by molar-refractivity contribution is 5.92. The minimum atomic E-state index is -0.475. The summed E-state index contributed by atoms with van der Waals surface area (Å²) >= 11 is 0. The van der Waals surface area contributed by atoms with E-state index >= 15 is 0 Å². The van der Waals surface area contributed by atoms with E-state index in [4.69, 9.17) is 9.47 Å². The van der Waals surface area contributed by atoms with Crippen LogP contribution in [0.15, 0.2) is 42.5 Å². The number of carbonyl (C=O) groups excluding carboxylic acids is 2. The van der Waals surface area contributed by atoms with Gasteiger partial charge in [0, 0.05) is 11.3 Å². The molecule has 1 amide bonds. The summed E-state index contributed by atoms with van der Waals surface area (Å²) in [5.41, 5.74) is 3.66. The van der Waals surface area contributed by atoms with Crippen molar-refractivity contribution < 1.29 is 19.1 Å². The van der Waals surface area contributed by atoms with Crippen LogP contribution in [0.4, 0.5) is 5.69 Å². The Hall–Kier alpha value is -2.82. The van der Waals surface area contributed by atoms with Crippen LogP contribution in [0.1, 0.15) is 37.5 Å². The van der Waals surface area contributed by atoms with Gasteiger partial charge in [-0.05, 0) is 36.1 Å². The molecule has 5 nitrogen and oxygen atoms in total. The molecule has 0 aliphatic rings. The van der Waals surface area contributed by atoms with E-state index in [1.165, 1.54) is 5.56 Å². The van der Waals surface area contributed by atoms with Crippen molar-refractivity contribution in [1.82, 2.24) is 0 Å². The molecule has 0 spiro atoms. The maximum absolute atomic E-state index is 12.0. The predicted molar refractivity (Wildman–Crippen MR) is 106 cm³/mol. The number of anilines is 1. The number of aryl methyl sites for hydroxylation is 1. The predicted octanol–water partition coefficient (Wildman–Crippen LogP) is 4.03. The van der Waals surface area contributed by atoms with Gasteiger partial charge >= 0.3 is 5.97 Å². The van der Waals surface area contributed by atoms with Gasteiger partial charge in [-0.2, -0.15) is 0 Å². The smallest absolute Gasteiger partial charge is 0.310 e. The molecule has 0 saturated heterocycles. The van der Waals surface area contributed by atoms with Crippen molar-refractivity contribution in [3.8, 4) is 5.75 Å². The number of hydrogen-bond acceptors (Lipinski definition) is 4. The number of ether oxygens (including phenoxy) is 2. The van der Waals surface area contributed by atoms with Crippen LogP contribution in [0.5, 0.6) is 5.75 Å².